The van der Waals surface area contributed by atoms with Gasteiger partial charge < -0.3 is 14.7 Å². The van der Waals surface area contributed by atoms with E-state index < -0.39 is 0 Å². The van der Waals surface area contributed by atoms with Crippen LogP contribution in [0, 0.1) is 0 Å². The minimum atomic E-state index is -0.161. The van der Waals surface area contributed by atoms with Crippen LogP contribution in [-0.4, -0.2) is 22.3 Å². The molecule has 0 bridgehead atoms. The Morgan fingerprint density at radius 2 is 2.11 bits per heavy atom. The van der Waals surface area contributed by atoms with Gasteiger partial charge in [-0.25, -0.2) is 4.79 Å². The van der Waals surface area contributed by atoms with Crippen molar-refractivity contribution in [3.05, 3.63) is 49.5 Å². The first-order valence-corrected chi connectivity index (χ1v) is 8.31. The molecule has 2 N–H and O–H groups in total. The standard InChI is InChI=1S/C12H12Br2N2O2S/c13-10-2-1-9(5-11(10)14)18-3-4-19-7-8-6-15-12(17)16-8/h1-2,5-6H,3-4,7H2,(H2,15,16,17). The van der Waals surface area contributed by atoms with E-state index in [1.807, 2.05) is 18.2 Å². The van der Waals surface area contributed by atoms with Crippen molar-refractivity contribution in [2.45, 2.75) is 5.75 Å². The first-order valence-electron chi connectivity index (χ1n) is 5.57. The molecular weight excluding hydrogens is 396 g/mol. The lowest BCUT2D eigenvalue weighted by molar-refractivity contribution is 0.343. The quantitative estimate of drug-likeness (QED) is 0.720. The van der Waals surface area contributed by atoms with Gasteiger partial charge in [0.25, 0.3) is 0 Å². The summed E-state index contributed by atoms with van der Waals surface area (Å²) in [4.78, 5) is 16.2. The van der Waals surface area contributed by atoms with Crippen molar-refractivity contribution < 1.29 is 4.74 Å². The third-order valence-corrected chi connectivity index (χ3v) is 5.15. The highest BCUT2D eigenvalue weighted by Crippen LogP contribution is 2.27. The Morgan fingerprint density at radius 1 is 1.26 bits per heavy atom. The molecule has 0 aliphatic rings. The number of aromatic nitrogens is 2. The number of thioether (sulfide) groups is 1. The van der Waals surface area contributed by atoms with Crippen molar-refractivity contribution in [2.24, 2.45) is 0 Å². The zero-order valence-corrected chi connectivity index (χ0v) is 13.9. The number of H-pyrrole nitrogens is 2. The molecule has 1 aromatic heterocycles. The molecule has 0 unspecified atom stereocenters. The summed E-state index contributed by atoms with van der Waals surface area (Å²) in [5, 5.41) is 0. The largest absolute Gasteiger partial charge is 0.493 e. The molecule has 0 saturated heterocycles. The Kier molecular flexibility index (Phi) is 5.59. The third-order valence-electron chi connectivity index (χ3n) is 2.30. The van der Waals surface area contributed by atoms with E-state index in [1.165, 1.54) is 0 Å². The van der Waals surface area contributed by atoms with Crippen LogP contribution in [0.15, 0.2) is 38.1 Å². The smallest absolute Gasteiger partial charge is 0.323 e. The minimum absolute atomic E-state index is 0.161. The minimum Gasteiger partial charge on any atom is -0.493 e. The second-order valence-corrected chi connectivity index (χ2v) is 6.56. The Balaban J connectivity index is 1.69. The third kappa shape index (κ3) is 4.74. The molecule has 0 saturated carbocycles. The van der Waals surface area contributed by atoms with E-state index in [-0.39, 0.29) is 5.69 Å². The number of halogens is 2. The van der Waals surface area contributed by atoms with Gasteiger partial charge in [0.05, 0.1) is 6.61 Å². The molecular formula is C12H12Br2N2O2S. The van der Waals surface area contributed by atoms with E-state index >= 15 is 0 Å². The maximum atomic E-state index is 10.9. The van der Waals surface area contributed by atoms with Crippen molar-refractivity contribution in [3.8, 4) is 5.75 Å². The maximum absolute atomic E-state index is 10.9. The number of nitrogens with one attached hydrogen (secondary N) is 2. The van der Waals surface area contributed by atoms with Crippen LogP contribution >= 0.6 is 43.6 Å². The van der Waals surface area contributed by atoms with Crippen LogP contribution in [-0.2, 0) is 5.75 Å². The summed E-state index contributed by atoms with van der Waals surface area (Å²) in [6.07, 6.45) is 1.70. The van der Waals surface area contributed by atoms with E-state index in [0.717, 1.165) is 31.9 Å². The molecule has 0 atom stereocenters. The molecule has 2 aromatic rings. The van der Waals surface area contributed by atoms with Gasteiger partial charge in [0.15, 0.2) is 0 Å². The van der Waals surface area contributed by atoms with Gasteiger partial charge >= 0.3 is 5.69 Å². The number of aromatic amines is 2. The van der Waals surface area contributed by atoms with Gasteiger partial charge in [-0.1, -0.05) is 0 Å². The van der Waals surface area contributed by atoms with Crippen molar-refractivity contribution in [1.82, 2.24) is 9.97 Å². The Labute approximate surface area is 131 Å². The van der Waals surface area contributed by atoms with Crippen LogP contribution in [0.1, 0.15) is 5.69 Å². The predicted octanol–water partition coefficient (Wildman–Crippen LogP) is 3.54. The van der Waals surface area contributed by atoms with E-state index in [9.17, 15) is 4.79 Å². The summed E-state index contributed by atoms with van der Waals surface area (Å²) < 4.78 is 7.61. The van der Waals surface area contributed by atoms with Crippen molar-refractivity contribution in [2.75, 3.05) is 12.4 Å². The summed E-state index contributed by atoms with van der Waals surface area (Å²) >= 11 is 8.55. The van der Waals surface area contributed by atoms with Gasteiger partial charge in [-0.3, -0.25) is 0 Å². The molecule has 0 aliphatic heterocycles. The van der Waals surface area contributed by atoms with Gasteiger partial charge in [-0.05, 0) is 50.1 Å². The molecule has 7 heteroatoms. The molecule has 0 radical (unpaired) electrons. The predicted molar refractivity (Wildman–Crippen MR) is 84.9 cm³/mol. The van der Waals surface area contributed by atoms with Gasteiger partial charge in [0.2, 0.25) is 0 Å². The number of hydrogen-bond acceptors (Lipinski definition) is 3. The van der Waals surface area contributed by atoms with Gasteiger partial charge in [-0.15, -0.1) is 0 Å². The molecule has 1 aromatic carbocycles. The molecule has 0 fully saturated rings. The first kappa shape index (κ1) is 14.7. The average molecular weight is 408 g/mol. The van der Waals surface area contributed by atoms with E-state index in [1.54, 1.807) is 18.0 Å². The summed E-state index contributed by atoms with van der Waals surface area (Å²) in [5.74, 6) is 2.47. The molecule has 4 nitrogen and oxygen atoms in total. The Morgan fingerprint density at radius 3 is 2.79 bits per heavy atom. The van der Waals surface area contributed by atoms with Crippen molar-refractivity contribution in [1.29, 1.82) is 0 Å². The molecule has 2 rings (SSSR count). The highest BCUT2D eigenvalue weighted by molar-refractivity contribution is 9.13. The molecule has 1 heterocycles. The molecule has 0 amide bonds. The second-order valence-electron chi connectivity index (χ2n) is 3.75. The zero-order chi connectivity index (χ0) is 13.7. The van der Waals surface area contributed by atoms with Gasteiger partial charge in [0.1, 0.15) is 5.75 Å². The number of ether oxygens (including phenoxy) is 1. The van der Waals surface area contributed by atoms with Gasteiger partial charge in [0, 0.05) is 32.3 Å². The fraction of sp³-hybridized carbons (Fsp3) is 0.250. The van der Waals surface area contributed by atoms with Crippen molar-refractivity contribution in [3.63, 3.8) is 0 Å². The zero-order valence-electron chi connectivity index (χ0n) is 9.91. The number of hydrogen-bond donors (Lipinski definition) is 2. The average Bonchev–Trinajstić information content (AvgIpc) is 2.79. The summed E-state index contributed by atoms with van der Waals surface area (Å²) in [6, 6.07) is 5.79. The Hall–Kier alpha value is -0.660. The normalized spacial score (nSPS) is 10.6. The highest BCUT2D eigenvalue weighted by Gasteiger charge is 2.00. The van der Waals surface area contributed by atoms with Crippen LogP contribution in [0.5, 0.6) is 5.75 Å². The highest BCUT2D eigenvalue weighted by atomic mass is 79.9. The lowest BCUT2D eigenvalue weighted by Gasteiger charge is -2.06. The molecule has 0 spiro atoms. The van der Waals surface area contributed by atoms with E-state index in [2.05, 4.69) is 41.8 Å². The van der Waals surface area contributed by atoms with Crippen molar-refractivity contribution >= 4 is 43.6 Å². The summed E-state index contributed by atoms with van der Waals surface area (Å²) in [5.41, 5.74) is 0.743. The van der Waals surface area contributed by atoms with Crippen LogP contribution in [0.25, 0.3) is 0 Å². The second kappa shape index (κ2) is 7.21. The van der Waals surface area contributed by atoms with Crippen LogP contribution in [0.3, 0.4) is 0 Å². The van der Waals surface area contributed by atoms with Gasteiger partial charge in [-0.2, -0.15) is 11.8 Å². The maximum Gasteiger partial charge on any atom is 0.323 e. The summed E-state index contributed by atoms with van der Waals surface area (Å²) in [6.45, 7) is 0.632. The van der Waals surface area contributed by atoms with E-state index in [0.29, 0.717) is 6.61 Å². The van der Waals surface area contributed by atoms with Crippen LogP contribution in [0.4, 0.5) is 0 Å². The summed E-state index contributed by atoms with van der Waals surface area (Å²) in [7, 11) is 0. The lowest BCUT2D eigenvalue weighted by Crippen LogP contribution is -2.02. The molecule has 19 heavy (non-hydrogen) atoms. The fourth-order valence-electron chi connectivity index (χ4n) is 1.42. The van der Waals surface area contributed by atoms with Crippen LogP contribution in [0.2, 0.25) is 0 Å². The molecule has 102 valence electrons. The topological polar surface area (TPSA) is 57.9 Å². The monoisotopic (exact) mass is 406 g/mol. The van der Waals surface area contributed by atoms with E-state index in [4.69, 9.17) is 4.74 Å². The number of benzene rings is 1. The lowest BCUT2D eigenvalue weighted by atomic mass is 10.3. The fourth-order valence-corrected chi connectivity index (χ4v) is 2.74. The first-order chi connectivity index (χ1) is 9.15. The Bertz CT molecular complexity index is 597. The van der Waals surface area contributed by atoms with Crippen LogP contribution < -0.4 is 10.4 Å². The number of imidazole rings is 1. The number of rotatable bonds is 6. The molecule has 0 aliphatic carbocycles. The SMILES string of the molecule is O=c1[nH]cc(CSCCOc2ccc(Br)c(Br)c2)[nH]1.